The Morgan fingerprint density at radius 3 is 2.69 bits per heavy atom. The Balaban J connectivity index is 0.00000144. The molecular weight excluding hydrogens is 209 g/mol. The molecule has 0 aliphatic carbocycles. The van der Waals surface area contributed by atoms with Crippen molar-refractivity contribution in [2.24, 2.45) is 5.73 Å². The molecule has 0 radical (unpaired) electrons. The summed E-state index contributed by atoms with van der Waals surface area (Å²) >= 11 is 5.60. The summed E-state index contributed by atoms with van der Waals surface area (Å²) in [7, 11) is 0. The molecule has 1 rings (SSSR count). The third kappa shape index (κ3) is 3.85. The molecule has 0 aliphatic heterocycles. The molecule has 0 aromatic carbocycles. The summed E-state index contributed by atoms with van der Waals surface area (Å²) in [5.74, 6) is 0.711. The lowest BCUT2D eigenvalue weighted by Crippen LogP contribution is -2.09. The Morgan fingerprint density at radius 1 is 1.69 bits per heavy atom. The van der Waals surface area contributed by atoms with Crippen molar-refractivity contribution in [2.75, 3.05) is 0 Å². The van der Waals surface area contributed by atoms with Crippen molar-refractivity contribution >= 4 is 24.0 Å². The summed E-state index contributed by atoms with van der Waals surface area (Å²) in [6.45, 7) is 5.71. The summed E-state index contributed by atoms with van der Waals surface area (Å²) in [5.41, 5.74) is 6.83. The standard InChI is InChI=1S/C9H12ClNO.ClH/c1-6(2)5-7(11)8-3-4-9(10)12-8;/h3-4,7H,1,5,11H2,2H3;1H/t7-;/m1./s1. The Labute approximate surface area is 89.2 Å². The smallest absolute Gasteiger partial charge is 0.193 e. The van der Waals surface area contributed by atoms with Gasteiger partial charge < -0.3 is 10.2 Å². The first-order valence-electron chi connectivity index (χ1n) is 3.75. The van der Waals surface area contributed by atoms with Crippen LogP contribution in [0.1, 0.15) is 25.1 Å². The molecule has 4 heteroatoms. The number of furan rings is 1. The lowest BCUT2D eigenvalue weighted by molar-refractivity contribution is 0.466. The maximum Gasteiger partial charge on any atom is 0.193 e. The highest BCUT2D eigenvalue weighted by atomic mass is 35.5. The van der Waals surface area contributed by atoms with Gasteiger partial charge in [-0.05, 0) is 37.1 Å². The zero-order chi connectivity index (χ0) is 9.14. The lowest BCUT2D eigenvalue weighted by atomic mass is 10.1. The number of hydrogen-bond acceptors (Lipinski definition) is 2. The Kier molecular flexibility index (Phi) is 5.14. The van der Waals surface area contributed by atoms with E-state index in [1.54, 1.807) is 12.1 Å². The predicted octanol–water partition coefficient (Wildman–Crippen LogP) is 3.32. The monoisotopic (exact) mass is 221 g/mol. The fourth-order valence-corrected chi connectivity index (χ4v) is 1.16. The van der Waals surface area contributed by atoms with E-state index in [9.17, 15) is 0 Å². The summed E-state index contributed by atoms with van der Waals surface area (Å²) in [6, 6.07) is 3.35. The third-order valence-electron chi connectivity index (χ3n) is 1.53. The van der Waals surface area contributed by atoms with Crippen LogP contribution in [0.5, 0.6) is 0 Å². The maximum atomic E-state index is 5.80. The maximum absolute atomic E-state index is 5.80. The van der Waals surface area contributed by atoms with Crippen LogP contribution in [-0.4, -0.2) is 0 Å². The highest BCUT2D eigenvalue weighted by molar-refractivity contribution is 6.28. The normalized spacial score (nSPS) is 11.9. The highest BCUT2D eigenvalue weighted by Crippen LogP contribution is 2.22. The van der Waals surface area contributed by atoms with E-state index < -0.39 is 0 Å². The summed E-state index contributed by atoms with van der Waals surface area (Å²) in [5, 5.41) is 0.377. The minimum atomic E-state index is -0.130. The second-order valence-corrected chi connectivity index (χ2v) is 3.28. The van der Waals surface area contributed by atoms with Gasteiger partial charge in [-0.2, -0.15) is 0 Å². The van der Waals surface area contributed by atoms with E-state index in [4.69, 9.17) is 21.8 Å². The summed E-state index contributed by atoms with van der Waals surface area (Å²) < 4.78 is 5.15. The predicted molar refractivity (Wildman–Crippen MR) is 57.3 cm³/mol. The first kappa shape index (κ1) is 12.6. The fourth-order valence-electron chi connectivity index (χ4n) is 1.00. The molecule has 1 aromatic heterocycles. The van der Waals surface area contributed by atoms with Gasteiger partial charge in [0.25, 0.3) is 0 Å². The van der Waals surface area contributed by atoms with Gasteiger partial charge in [0.15, 0.2) is 5.22 Å². The van der Waals surface area contributed by atoms with Crippen molar-refractivity contribution < 1.29 is 4.42 Å². The molecule has 0 fully saturated rings. The number of rotatable bonds is 3. The lowest BCUT2D eigenvalue weighted by Gasteiger charge is -2.06. The zero-order valence-corrected chi connectivity index (χ0v) is 8.99. The summed E-state index contributed by atoms with van der Waals surface area (Å²) in [6.07, 6.45) is 0.726. The van der Waals surface area contributed by atoms with Gasteiger partial charge in [-0.15, -0.1) is 19.0 Å². The molecule has 1 heterocycles. The van der Waals surface area contributed by atoms with Gasteiger partial charge in [0.05, 0.1) is 6.04 Å². The first-order valence-corrected chi connectivity index (χ1v) is 4.12. The molecule has 1 aromatic rings. The van der Waals surface area contributed by atoms with Gasteiger partial charge in [0.2, 0.25) is 0 Å². The van der Waals surface area contributed by atoms with E-state index in [1.807, 2.05) is 6.92 Å². The Bertz CT molecular complexity index is 283. The van der Waals surface area contributed by atoms with E-state index in [1.165, 1.54) is 0 Å². The molecule has 0 spiro atoms. The van der Waals surface area contributed by atoms with Crippen molar-refractivity contribution in [3.05, 3.63) is 35.3 Å². The molecule has 0 saturated carbocycles. The Hall–Kier alpha value is -0.440. The van der Waals surface area contributed by atoms with Crippen molar-refractivity contribution in [1.82, 2.24) is 0 Å². The highest BCUT2D eigenvalue weighted by Gasteiger charge is 2.09. The van der Waals surface area contributed by atoms with Gasteiger partial charge in [-0.3, -0.25) is 0 Å². The van der Waals surface area contributed by atoms with Crippen LogP contribution in [-0.2, 0) is 0 Å². The first-order chi connectivity index (χ1) is 5.59. The Morgan fingerprint density at radius 2 is 2.31 bits per heavy atom. The van der Waals surface area contributed by atoms with Gasteiger partial charge >= 0.3 is 0 Å². The quantitative estimate of drug-likeness (QED) is 0.796. The van der Waals surface area contributed by atoms with E-state index in [0.29, 0.717) is 11.0 Å². The van der Waals surface area contributed by atoms with E-state index >= 15 is 0 Å². The average molecular weight is 222 g/mol. The molecule has 0 aliphatic rings. The number of nitrogens with two attached hydrogens (primary N) is 1. The minimum Gasteiger partial charge on any atom is -0.448 e. The molecular formula is C9H13Cl2NO. The van der Waals surface area contributed by atoms with E-state index in [0.717, 1.165) is 12.0 Å². The van der Waals surface area contributed by atoms with Crippen LogP contribution >= 0.6 is 24.0 Å². The van der Waals surface area contributed by atoms with Crippen LogP contribution in [0.2, 0.25) is 5.22 Å². The topological polar surface area (TPSA) is 39.2 Å². The number of hydrogen-bond donors (Lipinski definition) is 1. The van der Waals surface area contributed by atoms with E-state index in [2.05, 4.69) is 6.58 Å². The van der Waals surface area contributed by atoms with Gasteiger partial charge in [-0.1, -0.05) is 5.57 Å². The van der Waals surface area contributed by atoms with Crippen molar-refractivity contribution in [3.63, 3.8) is 0 Å². The van der Waals surface area contributed by atoms with Crippen molar-refractivity contribution in [1.29, 1.82) is 0 Å². The molecule has 2 nitrogen and oxygen atoms in total. The van der Waals surface area contributed by atoms with Crippen LogP contribution in [0.25, 0.3) is 0 Å². The van der Waals surface area contributed by atoms with Crippen LogP contribution < -0.4 is 5.73 Å². The van der Waals surface area contributed by atoms with Gasteiger partial charge in [0, 0.05) is 0 Å². The van der Waals surface area contributed by atoms with Crippen LogP contribution in [0, 0.1) is 0 Å². The van der Waals surface area contributed by atoms with Crippen LogP contribution in [0.15, 0.2) is 28.7 Å². The molecule has 0 amide bonds. The summed E-state index contributed by atoms with van der Waals surface area (Å²) in [4.78, 5) is 0. The molecule has 2 N–H and O–H groups in total. The minimum absolute atomic E-state index is 0. The average Bonchev–Trinajstić information content (AvgIpc) is 2.34. The number of halogens is 2. The fraction of sp³-hybridized carbons (Fsp3) is 0.333. The molecule has 1 atom stereocenters. The van der Waals surface area contributed by atoms with Crippen LogP contribution in [0.3, 0.4) is 0 Å². The zero-order valence-electron chi connectivity index (χ0n) is 7.42. The molecule has 0 unspecified atom stereocenters. The molecule has 13 heavy (non-hydrogen) atoms. The van der Waals surface area contributed by atoms with E-state index in [-0.39, 0.29) is 18.4 Å². The van der Waals surface area contributed by atoms with Gasteiger partial charge in [0.1, 0.15) is 5.76 Å². The van der Waals surface area contributed by atoms with Gasteiger partial charge in [-0.25, -0.2) is 0 Å². The SMILES string of the molecule is C=C(C)C[C@@H](N)c1ccc(Cl)o1.Cl. The molecule has 0 saturated heterocycles. The second kappa shape index (κ2) is 5.32. The molecule has 0 bridgehead atoms. The van der Waals surface area contributed by atoms with Crippen LogP contribution in [0.4, 0.5) is 0 Å². The second-order valence-electron chi connectivity index (χ2n) is 2.91. The molecule has 74 valence electrons. The van der Waals surface area contributed by atoms with Crippen molar-refractivity contribution in [3.8, 4) is 0 Å². The third-order valence-corrected chi connectivity index (χ3v) is 1.73. The largest absolute Gasteiger partial charge is 0.448 e. The van der Waals surface area contributed by atoms with Crippen molar-refractivity contribution in [2.45, 2.75) is 19.4 Å².